The van der Waals surface area contributed by atoms with Crippen LogP contribution in [0, 0.1) is 0 Å². The van der Waals surface area contributed by atoms with E-state index in [0.29, 0.717) is 11.8 Å². The Hall–Kier alpha value is -0.240. The lowest BCUT2D eigenvalue weighted by atomic mass is 10.0. The molecule has 0 aliphatic carbocycles. The number of carboxylic acid groups (broad SMARTS) is 1. The first-order chi connectivity index (χ1) is 10.1. The zero-order valence-corrected chi connectivity index (χ0v) is 14.7. The number of aliphatic carboxylic acids is 1. The highest BCUT2D eigenvalue weighted by atomic mass is 35.5. The maximum atomic E-state index is 10.3. The Balaban J connectivity index is 2.98. The highest BCUT2D eigenvalue weighted by molar-refractivity contribution is 6.20. The molecule has 21 heavy (non-hydrogen) atoms. The molecule has 0 amide bonds. The molecule has 126 valence electrons. The van der Waals surface area contributed by atoms with Gasteiger partial charge in [0.25, 0.3) is 0 Å². The number of halogens is 1. The van der Waals surface area contributed by atoms with Crippen molar-refractivity contribution >= 4 is 17.6 Å². The van der Waals surface area contributed by atoms with Gasteiger partial charge in [0.2, 0.25) is 0 Å². The summed E-state index contributed by atoms with van der Waals surface area (Å²) in [5.74, 6) is -0.660. The molecule has 0 aromatic heterocycles. The third-order valence-corrected chi connectivity index (χ3v) is 4.21. The molecule has 0 fully saturated rings. The van der Waals surface area contributed by atoms with E-state index >= 15 is 0 Å². The minimum absolute atomic E-state index is 0.337. The summed E-state index contributed by atoms with van der Waals surface area (Å²) in [5, 5.41) is 8.86. The van der Waals surface area contributed by atoms with Gasteiger partial charge >= 0.3 is 5.97 Å². The Morgan fingerprint density at radius 3 is 1.43 bits per heavy atom. The first-order valence-electron chi connectivity index (χ1n) is 8.99. The van der Waals surface area contributed by atoms with Crippen molar-refractivity contribution in [2.45, 2.75) is 109 Å². The second kappa shape index (κ2) is 16.1. The lowest BCUT2D eigenvalue weighted by molar-refractivity contribution is -0.137. The van der Waals surface area contributed by atoms with Crippen LogP contribution in [-0.4, -0.2) is 16.5 Å². The highest BCUT2D eigenvalue weighted by Crippen LogP contribution is 2.14. The second-order valence-corrected chi connectivity index (χ2v) is 7.05. The van der Waals surface area contributed by atoms with E-state index in [9.17, 15) is 4.79 Å². The van der Waals surface area contributed by atoms with Crippen molar-refractivity contribution in [3.05, 3.63) is 0 Å². The molecule has 1 unspecified atom stereocenters. The van der Waals surface area contributed by atoms with Crippen molar-refractivity contribution in [3.8, 4) is 0 Å². The van der Waals surface area contributed by atoms with Crippen molar-refractivity contribution in [1.82, 2.24) is 0 Å². The summed E-state index contributed by atoms with van der Waals surface area (Å²) < 4.78 is 0. The van der Waals surface area contributed by atoms with Gasteiger partial charge in [0.1, 0.15) is 0 Å². The molecule has 2 nitrogen and oxygen atoms in total. The highest BCUT2D eigenvalue weighted by Gasteiger charge is 1.98. The van der Waals surface area contributed by atoms with E-state index in [4.69, 9.17) is 16.7 Å². The minimum atomic E-state index is -0.660. The summed E-state index contributed by atoms with van der Waals surface area (Å²) in [5.41, 5.74) is 0. The summed E-state index contributed by atoms with van der Waals surface area (Å²) >= 11 is 5.92. The van der Waals surface area contributed by atoms with E-state index in [1.165, 1.54) is 70.6 Å². The van der Waals surface area contributed by atoms with Crippen LogP contribution in [-0.2, 0) is 4.79 Å². The molecule has 3 heteroatoms. The fraction of sp³-hybridized carbons (Fsp3) is 0.944. The molecule has 1 atom stereocenters. The Kier molecular flexibility index (Phi) is 16.0. The average Bonchev–Trinajstić information content (AvgIpc) is 2.42. The lowest BCUT2D eigenvalue weighted by Crippen LogP contribution is -1.93. The summed E-state index contributed by atoms with van der Waals surface area (Å²) in [6, 6.07) is 0. The van der Waals surface area contributed by atoms with Crippen LogP contribution < -0.4 is 0 Å². The van der Waals surface area contributed by atoms with Gasteiger partial charge in [-0.25, -0.2) is 0 Å². The molecule has 0 bridgehead atoms. The van der Waals surface area contributed by atoms with E-state index in [2.05, 4.69) is 6.92 Å². The van der Waals surface area contributed by atoms with E-state index < -0.39 is 5.97 Å². The van der Waals surface area contributed by atoms with E-state index in [1.54, 1.807) is 0 Å². The first kappa shape index (κ1) is 20.8. The van der Waals surface area contributed by atoms with E-state index in [0.717, 1.165) is 19.3 Å². The normalized spacial score (nSPS) is 12.5. The van der Waals surface area contributed by atoms with Crippen LogP contribution in [0.25, 0.3) is 0 Å². The minimum Gasteiger partial charge on any atom is -0.481 e. The number of carboxylic acids is 1. The lowest BCUT2D eigenvalue weighted by Gasteiger charge is -2.04. The zero-order valence-electron chi connectivity index (χ0n) is 13.9. The topological polar surface area (TPSA) is 37.3 Å². The van der Waals surface area contributed by atoms with Gasteiger partial charge in [0.15, 0.2) is 0 Å². The Morgan fingerprint density at radius 1 is 0.762 bits per heavy atom. The van der Waals surface area contributed by atoms with Gasteiger partial charge in [0, 0.05) is 11.8 Å². The summed E-state index contributed by atoms with van der Waals surface area (Å²) in [4.78, 5) is 10.3. The third-order valence-electron chi connectivity index (χ3n) is 3.99. The van der Waals surface area contributed by atoms with Gasteiger partial charge in [-0.05, 0) is 19.8 Å². The summed E-state index contributed by atoms with van der Waals surface area (Å²) in [6.45, 7) is 2.08. The number of carbonyl (C=O) groups is 1. The quantitative estimate of drug-likeness (QED) is 0.259. The van der Waals surface area contributed by atoms with Crippen molar-refractivity contribution in [1.29, 1.82) is 0 Å². The molecule has 0 spiro atoms. The van der Waals surface area contributed by atoms with Crippen molar-refractivity contribution < 1.29 is 9.90 Å². The largest absolute Gasteiger partial charge is 0.481 e. The maximum absolute atomic E-state index is 10.3. The molecule has 0 aliphatic heterocycles. The molecule has 0 aromatic carbocycles. The maximum Gasteiger partial charge on any atom is 0.303 e. The smallest absolute Gasteiger partial charge is 0.303 e. The molecule has 0 aromatic rings. The molecular weight excluding hydrogens is 284 g/mol. The van der Waals surface area contributed by atoms with Crippen LogP contribution in [0.3, 0.4) is 0 Å². The molecule has 0 saturated heterocycles. The average molecular weight is 319 g/mol. The standard InChI is InChI=1S/C18H35ClO2/c1-17(19)15-13-11-9-7-5-3-2-4-6-8-10-12-14-16-18(20)21/h17H,2-16H2,1H3,(H,20,21). The van der Waals surface area contributed by atoms with Crippen molar-refractivity contribution in [2.24, 2.45) is 0 Å². The molecule has 1 N–H and O–H groups in total. The Labute approximate surface area is 136 Å². The number of hydrogen-bond donors (Lipinski definition) is 1. The van der Waals surface area contributed by atoms with Crippen LogP contribution in [0.4, 0.5) is 0 Å². The molecular formula is C18H35ClO2. The van der Waals surface area contributed by atoms with E-state index in [1.807, 2.05) is 0 Å². The van der Waals surface area contributed by atoms with Crippen molar-refractivity contribution in [2.75, 3.05) is 0 Å². The molecule has 0 saturated carbocycles. The molecule has 0 radical (unpaired) electrons. The first-order valence-corrected chi connectivity index (χ1v) is 9.42. The van der Waals surface area contributed by atoms with Gasteiger partial charge in [0.05, 0.1) is 0 Å². The van der Waals surface area contributed by atoms with Gasteiger partial charge in [-0.1, -0.05) is 77.0 Å². The predicted octanol–water partition coefficient (Wildman–Crippen LogP) is 6.55. The van der Waals surface area contributed by atoms with Crippen LogP contribution in [0.15, 0.2) is 0 Å². The number of unbranched alkanes of at least 4 members (excludes halogenated alkanes) is 12. The molecule has 0 heterocycles. The zero-order chi connectivity index (χ0) is 15.8. The summed E-state index contributed by atoms with van der Waals surface area (Å²) in [7, 11) is 0. The van der Waals surface area contributed by atoms with Crippen LogP contribution >= 0.6 is 11.6 Å². The molecule has 0 aliphatic rings. The van der Waals surface area contributed by atoms with Crippen LogP contribution in [0.2, 0.25) is 0 Å². The van der Waals surface area contributed by atoms with Gasteiger partial charge < -0.3 is 5.11 Å². The predicted molar refractivity (Wildman–Crippen MR) is 92.2 cm³/mol. The number of rotatable bonds is 16. The van der Waals surface area contributed by atoms with Gasteiger partial charge in [-0.15, -0.1) is 11.6 Å². The van der Waals surface area contributed by atoms with E-state index in [-0.39, 0.29) is 0 Å². The monoisotopic (exact) mass is 318 g/mol. The summed E-state index contributed by atoms with van der Waals surface area (Å²) in [6.07, 6.45) is 18.1. The van der Waals surface area contributed by atoms with Gasteiger partial charge in [-0.2, -0.15) is 0 Å². The van der Waals surface area contributed by atoms with Gasteiger partial charge in [-0.3, -0.25) is 4.79 Å². The Bertz CT molecular complexity index is 229. The second-order valence-electron chi connectivity index (χ2n) is 6.31. The SMILES string of the molecule is CC(Cl)CCCCCCCCCCCCCCCC(=O)O. The van der Waals surface area contributed by atoms with Crippen LogP contribution in [0.1, 0.15) is 103 Å². The fourth-order valence-electron chi connectivity index (χ4n) is 2.65. The number of hydrogen-bond acceptors (Lipinski definition) is 1. The third kappa shape index (κ3) is 19.8. The number of alkyl halides is 1. The fourth-order valence-corrected chi connectivity index (χ4v) is 2.80. The van der Waals surface area contributed by atoms with Crippen LogP contribution in [0.5, 0.6) is 0 Å². The Morgan fingerprint density at radius 2 is 1.10 bits per heavy atom. The molecule has 0 rings (SSSR count). The van der Waals surface area contributed by atoms with Crippen molar-refractivity contribution in [3.63, 3.8) is 0 Å².